The monoisotopic (exact) mass is 470 g/mol. The first-order valence-electron chi connectivity index (χ1n) is 11.8. The van der Waals surface area contributed by atoms with Gasteiger partial charge in [-0.1, -0.05) is 72.8 Å². The molecule has 4 aromatic carbocycles. The van der Waals surface area contributed by atoms with Gasteiger partial charge in [0.1, 0.15) is 6.33 Å². The Balaban J connectivity index is 1.49. The number of benzene rings is 4. The van der Waals surface area contributed by atoms with Crippen molar-refractivity contribution in [3.05, 3.63) is 120 Å². The number of fused-ring (bicyclic) bond motifs is 3. The van der Waals surface area contributed by atoms with Gasteiger partial charge in [-0.15, -0.1) is 0 Å². The summed E-state index contributed by atoms with van der Waals surface area (Å²) in [5.74, 6) is -0.658. The largest absolute Gasteiger partial charge is 0.462 e. The van der Waals surface area contributed by atoms with Crippen molar-refractivity contribution in [2.45, 2.75) is 6.92 Å². The van der Waals surface area contributed by atoms with Crippen molar-refractivity contribution in [1.82, 2.24) is 9.38 Å². The number of esters is 1. The number of nitrogens with zero attached hydrogens (tertiary/aromatic N) is 2. The van der Waals surface area contributed by atoms with Crippen LogP contribution in [0.2, 0.25) is 0 Å². The second-order valence-electron chi connectivity index (χ2n) is 8.65. The highest BCUT2D eigenvalue weighted by Gasteiger charge is 2.22. The molecule has 0 N–H and O–H groups in total. The van der Waals surface area contributed by atoms with Gasteiger partial charge in [0.2, 0.25) is 5.78 Å². The third-order valence-corrected chi connectivity index (χ3v) is 6.45. The Bertz CT molecular complexity index is 1800. The summed E-state index contributed by atoms with van der Waals surface area (Å²) in [6.07, 6.45) is 1.61. The molecule has 6 aromatic rings. The first kappa shape index (κ1) is 21.7. The molecule has 0 aliphatic carbocycles. The number of rotatable bonds is 5. The van der Waals surface area contributed by atoms with Gasteiger partial charge in [0, 0.05) is 11.1 Å². The number of hydrogen-bond acceptors (Lipinski definition) is 4. The third-order valence-electron chi connectivity index (χ3n) is 6.45. The molecule has 0 aliphatic heterocycles. The minimum Gasteiger partial charge on any atom is -0.462 e. The molecule has 0 aliphatic rings. The van der Waals surface area contributed by atoms with Gasteiger partial charge in [-0.2, -0.15) is 0 Å². The lowest BCUT2D eigenvalue weighted by atomic mass is 10.0. The molecule has 0 saturated carbocycles. The summed E-state index contributed by atoms with van der Waals surface area (Å²) in [6.45, 7) is 2.01. The first-order valence-corrected chi connectivity index (χ1v) is 11.8. The summed E-state index contributed by atoms with van der Waals surface area (Å²) >= 11 is 0. The second kappa shape index (κ2) is 8.78. The van der Waals surface area contributed by atoms with Crippen molar-refractivity contribution >= 4 is 38.8 Å². The third kappa shape index (κ3) is 3.71. The molecule has 0 atom stereocenters. The molecule has 0 amide bonds. The van der Waals surface area contributed by atoms with E-state index in [9.17, 15) is 9.59 Å². The molecular formula is C31H22N2O3. The molecule has 6 rings (SSSR count). The smallest absolute Gasteiger partial charge is 0.340 e. The topological polar surface area (TPSA) is 60.7 Å². The Morgan fingerprint density at radius 3 is 2.17 bits per heavy atom. The summed E-state index contributed by atoms with van der Waals surface area (Å²) in [4.78, 5) is 31.1. The second-order valence-corrected chi connectivity index (χ2v) is 8.65. The highest BCUT2D eigenvalue weighted by Crippen LogP contribution is 2.28. The van der Waals surface area contributed by atoms with E-state index in [1.165, 1.54) is 0 Å². The zero-order chi connectivity index (χ0) is 24.6. The molecule has 36 heavy (non-hydrogen) atoms. The highest BCUT2D eigenvalue weighted by molar-refractivity contribution is 6.12. The Hall–Kier alpha value is -4.77. The van der Waals surface area contributed by atoms with E-state index in [2.05, 4.69) is 29.2 Å². The summed E-state index contributed by atoms with van der Waals surface area (Å²) in [5, 5.41) is 4.28. The quantitative estimate of drug-likeness (QED) is 0.207. The lowest BCUT2D eigenvalue weighted by Gasteiger charge is -2.07. The molecule has 5 nitrogen and oxygen atoms in total. The van der Waals surface area contributed by atoms with Gasteiger partial charge in [-0.25, -0.2) is 9.78 Å². The number of ether oxygens (including phenoxy) is 1. The molecule has 0 saturated heterocycles. The fourth-order valence-corrected chi connectivity index (χ4v) is 4.63. The Morgan fingerprint density at radius 2 is 1.44 bits per heavy atom. The van der Waals surface area contributed by atoms with Gasteiger partial charge in [0.15, 0.2) is 0 Å². The van der Waals surface area contributed by atoms with E-state index in [4.69, 9.17) is 4.74 Å². The SMILES string of the molecule is CCOC(=O)c1cc(C(=O)c2ccc3ccccc3c2)n2cnc(-c3ccc4ccccc4c3)cc12. The summed E-state index contributed by atoms with van der Waals surface area (Å²) in [7, 11) is 0. The zero-order valence-corrected chi connectivity index (χ0v) is 19.6. The first-order chi connectivity index (χ1) is 17.6. The van der Waals surface area contributed by atoms with Crippen LogP contribution in [0.3, 0.4) is 0 Å². The van der Waals surface area contributed by atoms with Crippen molar-refractivity contribution < 1.29 is 14.3 Å². The molecule has 0 bridgehead atoms. The van der Waals surface area contributed by atoms with Crippen LogP contribution in [0, 0.1) is 0 Å². The van der Waals surface area contributed by atoms with Crippen molar-refractivity contribution in [3.63, 3.8) is 0 Å². The molecule has 2 heterocycles. The van der Waals surface area contributed by atoms with Crippen LogP contribution >= 0.6 is 0 Å². The summed E-state index contributed by atoms with van der Waals surface area (Å²) < 4.78 is 6.99. The van der Waals surface area contributed by atoms with Crippen LogP contribution in [0.1, 0.15) is 33.3 Å². The minimum atomic E-state index is -0.469. The van der Waals surface area contributed by atoms with Crippen LogP contribution in [-0.2, 0) is 4.74 Å². The van der Waals surface area contributed by atoms with Crippen LogP contribution in [-0.4, -0.2) is 27.7 Å². The van der Waals surface area contributed by atoms with Crippen LogP contribution in [0.25, 0.3) is 38.3 Å². The number of aromatic nitrogens is 2. The Kier molecular flexibility index (Phi) is 5.30. The van der Waals surface area contributed by atoms with E-state index in [1.54, 1.807) is 23.7 Å². The van der Waals surface area contributed by atoms with Crippen LogP contribution < -0.4 is 0 Å². The zero-order valence-electron chi connectivity index (χ0n) is 19.6. The van der Waals surface area contributed by atoms with Gasteiger partial charge >= 0.3 is 5.97 Å². The maximum atomic E-state index is 13.6. The van der Waals surface area contributed by atoms with Gasteiger partial charge in [-0.05, 0) is 52.7 Å². The number of carbonyl (C=O) groups is 2. The summed E-state index contributed by atoms with van der Waals surface area (Å²) in [5.41, 5.74) is 3.46. The fraction of sp³-hybridized carbons (Fsp3) is 0.0645. The maximum absolute atomic E-state index is 13.6. The van der Waals surface area contributed by atoms with E-state index >= 15 is 0 Å². The van der Waals surface area contributed by atoms with Gasteiger partial charge in [0.25, 0.3) is 0 Å². The molecule has 0 spiro atoms. The van der Waals surface area contributed by atoms with E-state index in [-0.39, 0.29) is 12.4 Å². The van der Waals surface area contributed by atoms with Crippen molar-refractivity contribution in [1.29, 1.82) is 0 Å². The van der Waals surface area contributed by atoms with Gasteiger partial charge in [0.05, 0.1) is 29.1 Å². The van der Waals surface area contributed by atoms with Crippen molar-refractivity contribution in [2.24, 2.45) is 0 Å². The Labute approximate surface area is 207 Å². The fourth-order valence-electron chi connectivity index (χ4n) is 4.63. The van der Waals surface area contributed by atoms with E-state index in [0.29, 0.717) is 28.0 Å². The van der Waals surface area contributed by atoms with Crippen molar-refractivity contribution in [3.8, 4) is 11.3 Å². The standard InChI is InChI=1S/C31H22N2O3/c1-2-36-31(35)26-17-29(30(34)25-14-12-21-8-4-6-10-23(21)16-25)33-19-32-27(18-28(26)33)24-13-11-20-7-3-5-9-22(20)15-24/h3-19H,2H2,1H3. The Morgan fingerprint density at radius 1 is 0.778 bits per heavy atom. The van der Waals surface area contributed by atoms with Crippen LogP contribution in [0.15, 0.2) is 103 Å². The average Bonchev–Trinajstić information content (AvgIpc) is 3.31. The molecule has 5 heteroatoms. The number of carbonyl (C=O) groups excluding carboxylic acids is 2. The predicted octanol–water partition coefficient (Wildman–Crippen LogP) is 6.72. The number of hydrogen-bond donors (Lipinski definition) is 0. The average molecular weight is 471 g/mol. The molecule has 0 radical (unpaired) electrons. The normalized spacial score (nSPS) is 11.2. The number of ketones is 1. The highest BCUT2D eigenvalue weighted by atomic mass is 16.5. The van der Waals surface area contributed by atoms with Crippen LogP contribution in [0.4, 0.5) is 0 Å². The molecule has 0 fully saturated rings. The van der Waals surface area contributed by atoms with Gasteiger partial charge < -0.3 is 4.74 Å². The minimum absolute atomic E-state index is 0.188. The maximum Gasteiger partial charge on any atom is 0.340 e. The van der Waals surface area contributed by atoms with Gasteiger partial charge in [-0.3, -0.25) is 9.20 Å². The molecule has 2 aromatic heterocycles. The van der Waals surface area contributed by atoms with Crippen molar-refractivity contribution in [2.75, 3.05) is 6.61 Å². The lowest BCUT2D eigenvalue weighted by molar-refractivity contribution is 0.0529. The predicted molar refractivity (Wildman–Crippen MR) is 141 cm³/mol. The molecule has 0 unspecified atom stereocenters. The molecule has 174 valence electrons. The van der Waals surface area contributed by atoms with Crippen LogP contribution in [0.5, 0.6) is 0 Å². The summed E-state index contributed by atoms with van der Waals surface area (Å²) in [6, 6.07) is 31.2. The van der Waals surface area contributed by atoms with E-state index in [1.807, 2.05) is 66.7 Å². The molecular weight excluding hydrogens is 448 g/mol. The van der Waals surface area contributed by atoms with E-state index in [0.717, 1.165) is 27.1 Å². The lowest BCUT2D eigenvalue weighted by Crippen LogP contribution is -2.05. The van der Waals surface area contributed by atoms with E-state index < -0.39 is 5.97 Å².